The van der Waals surface area contributed by atoms with E-state index >= 15 is 0 Å². The van der Waals surface area contributed by atoms with Gasteiger partial charge in [0.2, 0.25) is 5.91 Å². The van der Waals surface area contributed by atoms with E-state index in [0.29, 0.717) is 11.6 Å². The van der Waals surface area contributed by atoms with Crippen LogP contribution in [0.1, 0.15) is 39.0 Å². The number of carbonyl (C=O) groups is 2. The number of hydrogen-bond donors (Lipinski definition) is 3. The fraction of sp³-hybridized carbons (Fsp3) is 0.500. The van der Waals surface area contributed by atoms with Gasteiger partial charge in [-0.2, -0.15) is 0 Å². The minimum Gasteiger partial charge on any atom is -0.338 e. The predicted octanol–water partition coefficient (Wildman–Crippen LogP) is 3.35. The molecule has 0 aliphatic heterocycles. The van der Waals surface area contributed by atoms with E-state index in [2.05, 4.69) is 16.0 Å². The average Bonchev–Trinajstić information content (AvgIpc) is 2.48. The summed E-state index contributed by atoms with van der Waals surface area (Å²) in [5.74, 6) is 0.507. The van der Waals surface area contributed by atoms with Gasteiger partial charge in [0, 0.05) is 24.8 Å². The van der Waals surface area contributed by atoms with Gasteiger partial charge in [-0.15, -0.1) is 0 Å². The second-order valence-corrected chi connectivity index (χ2v) is 5.60. The first-order valence-electron chi connectivity index (χ1n) is 7.56. The first-order chi connectivity index (χ1) is 10.1. The van der Waals surface area contributed by atoms with Crippen LogP contribution >= 0.6 is 0 Å². The quantitative estimate of drug-likeness (QED) is 0.795. The van der Waals surface area contributed by atoms with E-state index in [1.807, 2.05) is 0 Å². The molecule has 1 aliphatic rings. The van der Waals surface area contributed by atoms with Crippen LogP contribution in [0.25, 0.3) is 0 Å². The first kappa shape index (κ1) is 15.4. The summed E-state index contributed by atoms with van der Waals surface area (Å²) in [6.07, 6.45) is 6.30. The molecule has 0 spiro atoms. The lowest BCUT2D eigenvalue weighted by atomic mass is 9.89. The van der Waals surface area contributed by atoms with Gasteiger partial charge in [0.15, 0.2) is 0 Å². The van der Waals surface area contributed by atoms with Gasteiger partial charge in [0.1, 0.15) is 0 Å². The normalized spacial score (nSPS) is 15.3. The number of anilines is 2. The fourth-order valence-electron chi connectivity index (χ4n) is 2.64. The van der Waals surface area contributed by atoms with Crippen LogP contribution in [0.5, 0.6) is 0 Å². The molecule has 1 fully saturated rings. The highest BCUT2D eigenvalue weighted by atomic mass is 16.2. The fourth-order valence-corrected chi connectivity index (χ4v) is 2.64. The van der Waals surface area contributed by atoms with Crippen LogP contribution in [0.4, 0.5) is 16.2 Å². The molecule has 5 heteroatoms. The van der Waals surface area contributed by atoms with E-state index in [4.69, 9.17) is 0 Å². The van der Waals surface area contributed by atoms with Crippen LogP contribution in [-0.4, -0.2) is 18.5 Å². The molecular formula is C16H23N3O2. The Kier molecular flexibility index (Phi) is 5.60. The van der Waals surface area contributed by atoms with Gasteiger partial charge in [-0.3, -0.25) is 4.79 Å². The third-order valence-electron chi connectivity index (χ3n) is 3.74. The zero-order valence-electron chi connectivity index (χ0n) is 12.4. The minimum atomic E-state index is -0.173. The minimum absolute atomic E-state index is 0.110. The zero-order chi connectivity index (χ0) is 15.1. The zero-order valence-corrected chi connectivity index (χ0v) is 12.4. The maximum Gasteiger partial charge on any atom is 0.319 e. The molecular weight excluding hydrogens is 266 g/mol. The monoisotopic (exact) mass is 289 g/mol. The lowest BCUT2D eigenvalue weighted by Gasteiger charge is -2.21. The lowest BCUT2D eigenvalue weighted by Crippen LogP contribution is -2.33. The third kappa shape index (κ3) is 5.45. The van der Waals surface area contributed by atoms with E-state index in [9.17, 15) is 9.59 Å². The summed E-state index contributed by atoms with van der Waals surface area (Å²) >= 11 is 0. The van der Waals surface area contributed by atoms with Crippen LogP contribution in [-0.2, 0) is 4.79 Å². The molecule has 0 atom stereocenters. The first-order valence-corrected chi connectivity index (χ1v) is 7.56. The summed E-state index contributed by atoms with van der Waals surface area (Å²) in [6, 6.07) is 6.89. The molecule has 3 N–H and O–H groups in total. The van der Waals surface area contributed by atoms with Gasteiger partial charge < -0.3 is 16.0 Å². The summed E-state index contributed by atoms with van der Waals surface area (Å²) in [4.78, 5) is 22.7. The van der Waals surface area contributed by atoms with Gasteiger partial charge in [-0.1, -0.05) is 19.3 Å². The molecule has 114 valence electrons. The molecule has 0 heterocycles. The molecule has 1 aromatic rings. The highest BCUT2D eigenvalue weighted by molar-refractivity contribution is 5.91. The molecule has 21 heavy (non-hydrogen) atoms. The van der Waals surface area contributed by atoms with E-state index in [0.717, 1.165) is 12.2 Å². The number of urea groups is 1. The van der Waals surface area contributed by atoms with E-state index in [-0.39, 0.29) is 11.9 Å². The Balaban J connectivity index is 1.75. The molecule has 0 unspecified atom stereocenters. The molecule has 0 saturated heterocycles. The second kappa shape index (κ2) is 7.67. The van der Waals surface area contributed by atoms with Gasteiger partial charge in [-0.25, -0.2) is 4.79 Å². The number of nitrogens with one attached hydrogen (secondary N) is 3. The van der Waals surface area contributed by atoms with Crippen LogP contribution in [0, 0.1) is 5.92 Å². The van der Waals surface area contributed by atoms with Crippen LogP contribution in [0.2, 0.25) is 0 Å². The Morgan fingerprint density at radius 1 is 1.00 bits per heavy atom. The largest absolute Gasteiger partial charge is 0.338 e. The van der Waals surface area contributed by atoms with Gasteiger partial charge in [0.05, 0.1) is 0 Å². The van der Waals surface area contributed by atoms with Crippen molar-refractivity contribution in [2.75, 3.05) is 17.2 Å². The Morgan fingerprint density at radius 2 is 1.57 bits per heavy atom. The van der Waals surface area contributed by atoms with Gasteiger partial charge in [0.25, 0.3) is 0 Å². The van der Waals surface area contributed by atoms with Crippen molar-refractivity contribution in [3.63, 3.8) is 0 Å². The maximum absolute atomic E-state index is 11.8. The van der Waals surface area contributed by atoms with Crippen LogP contribution in [0.3, 0.4) is 0 Å². The molecule has 0 aromatic heterocycles. The van der Waals surface area contributed by atoms with Crippen molar-refractivity contribution >= 4 is 23.3 Å². The topological polar surface area (TPSA) is 70.2 Å². The van der Waals surface area contributed by atoms with Crippen molar-refractivity contribution < 1.29 is 9.59 Å². The Bertz CT molecular complexity index is 479. The van der Waals surface area contributed by atoms with Gasteiger partial charge in [-0.05, 0) is 43.0 Å². The Morgan fingerprint density at radius 3 is 2.14 bits per heavy atom. The Hall–Kier alpha value is -2.04. The van der Waals surface area contributed by atoms with Crippen LogP contribution < -0.4 is 16.0 Å². The maximum atomic E-state index is 11.8. The summed E-state index contributed by atoms with van der Waals surface area (Å²) in [7, 11) is 0. The standard InChI is InChI=1S/C16H23N3O2/c1-12(20)18-14-7-9-15(10-8-14)19-16(21)17-11-13-5-3-2-4-6-13/h7-10,13H,2-6,11H2,1H3,(H,18,20)(H2,17,19,21). The third-order valence-corrected chi connectivity index (χ3v) is 3.74. The van der Waals surface area contributed by atoms with Crippen molar-refractivity contribution in [1.82, 2.24) is 5.32 Å². The predicted molar refractivity (Wildman–Crippen MR) is 84.3 cm³/mol. The lowest BCUT2D eigenvalue weighted by molar-refractivity contribution is -0.114. The summed E-state index contributed by atoms with van der Waals surface area (Å²) < 4.78 is 0. The van der Waals surface area contributed by atoms with Crippen molar-refractivity contribution in [3.8, 4) is 0 Å². The number of carbonyl (C=O) groups excluding carboxylic acids is 2. The molecule has 1 saturated carbocycles. The average molecular weight is 289 g/mol. The number of benzene rings is 1. The molecule has 0 bridgehead atoms. The molecule has 0 radical (unpaired) electrons. The van der Waals surface area contributed by atoms with Crippen molar-refractivity contribution in [2.24, 2.45) is 5.92 Å². The molecule has 2 rings (SSSR count). The Labute approximate surface area is 125 Å². The molecule has 1 aliphatic carbocycles. The molecule has 1 aromatic carbocycles. The SMILES string of the molecule is CC(=O)Nc1ccc(NC(=O)NCC2CCCCC2)cc1. The number of rotatable bonds is 4. The highest BCUT2D eigenvalue weighted by Crippen LogP contribution is 2.22. The van der Waals surface area contributed by atoms with Crippen molar-refractivity contribution in [2.45, 2.75) is 39.0 Å². The number of hydrogen-bond acceptors (Lipinski definition) is 2. The number of amides is 3. The van der Waals surface area contributed by atoms with Crippen molar-refractivity contribution in [3.05, 3.63) is 24.3 Å². The molecule has 5 nitrogen and oxygen atoms in total. The molecule has 3 amide bonds. The second-order valence-electron chi connectivity index (χ2n) is 5.60. The van der Waals surface area contributed by atoms with E-state index < -0.39 is 0 Å². The summed E-state index contributed by atoms with van der Waals surface area (Å²) in [6.45, 7) is 2.21. The van der Waals surface area contributed by atoms with Gasteiger partial charge >= 0.3 is 6.03 Å². The van der Waals surface area contributed by atoms with E-state index in [1.54, 1.807) is 24.3 Å². The van der Waals surface area contributed by atoms with Crippen LogP contribution in [0.15, 0.2) is 24.3 Å². The summed E-state index contributed by atoms with van der Waals surface area (Å²) in [5, 5.41) is 8.41. The van der Waals surface area contributed by atoms with E-state index in [1.165, 1.54) is 39.0 Å². The van der Waals surface area contributed by atoms with Crippen molar-refractivity contribution in [1.29, 1.82) is 0 Å². The summed E-state index contributed by atoms with van der Waals surface area (Å²) in [5.41, 5.74) is 1.43. The highest BCUT2D eigenvalue weighted by Gasteiger charge is 2.14. The smallest absolute Gasteiger partial charge is 0.319 e.